The molecule has 0 bridgehead atoms. The van der Waals surface area contributed by atoms with Gasteiger partial charge >= 0.3 is 0 Å². The van der Waals surface area contributed by atoms with E-state index in [2.05, 4.69) is 10.2 Å². The Morgan fingerprint density at radius 2 is 2.00 bits per heavy atom. The van der Waals surface area contributed by atoms with Gasteiger partial charge in [-0.05, 0) is 13.0 Å². The Kier molecular flexibility index (Phi) is 6.09. The smallest absolute Gasteiger partial charge is 0.273 e. The molecule has 2 N–H and O–H groups in total. The van der Waals surface area contributed by atoms with Gasteiger partial charge in [0.05, 0.1) is 10.7 Å². The number of thioether (sulfide) groups is 1. The number of aryl methyl sites for hydroxylation is 1. The number of piperazine rings is 1. The Morgan fingerprint density at radius 3 is 2.64 bits per heavy atom. The standard InChI is InChI=1S/C16H18N6O4S2/c1-10-2-3-11(8-12(10)22(25)26)14(24)20-4-6-21(7-5-20)15-18-19-16(28-15)27-9-13(17)23/h2-3,8H,4-7,9H2,1H3,(H2,17,23). The highest BCUT2D eigenvalue weighted by Gasteiger charge is 2.25. The summed E-state index contributed by atoms with van der Waals surface area (Å²) in [7, 11) is 0. The zero-order chi connectivity index (χ0) is 20.3. The molecule has 0 saturated carbocycles. The maximum absolute atomic E-state index is 12.7. The molecule has 1 aromatic heterocycles. The van der Waals surface area contributed by atoms with E-state index in [9.17, 15) is 19.7 Å². The molecule has 2 heterocycles. The van der Waals surface area contributed by atoms with Gasteiger partial charge in [-0.1, -0.05) is 29.2 Å². The first kappa shape index (κ1) is 20.0. The minimum atomic E-state index is -0.479. The van der Waals surface area contributed by atoms with Crippen LogP contribution in [0.4, 0.5) is 10.8 Å². The van der Waals surface area contributed by atoms with Crippen molar-refractivity contribution in [3.63, 3.8) is 0 Å². The Bertz CT molecular complexity index is 910. The van der Waals surface area contributed by atoms with Gasteiger partial charge in [0.1, 0.15) is 0 Å². The van der Waals surface area contributed by atoms with Gasteiger partial charge in [-0.2, -0.15) is 0 Å². The third-order valence-corrected chi connectivity index (χ3v) is 6.36. The number of hydrogen-bond acceptors (Lipinski definition) is 9. The SMILES string of the molecule is Cc1ccc(C(=O)N2CCN(c3nnc(SCC(N)=O)s3)CC2)cc1[N+](=O)[O-]. The number of nitro benzene ring substituents is 1. The fraction of sp³-hybridized carbons (Fsp3) is 0.375. The lowest BCUT2D eigenvalue weighted by Crippen LogP contribution is -2.48. The second kappa shape index (κ2) is 8.52. The van der Waals surface area contributed by atoms with Crippen LogP contribution >= 0.6 is 23.1 Å². The van der Waals surface area contributed by atoms with Crippen molar-refractivity contribution in [2.45, 2.75) is 11.3 Å². The summed E-state index contributed by atoms with van der Waals surface area (Å²) in [5, 5.41) is 20.0. The first-order valence-corrected chi connectivity index (χ1v) is 10.2. The van der Waals surface area contributed by atoms with E-state index >= 15 is 0 Å². The van der Waals surface area contributed by atoms with Gasteiger partial charge in [-0.3, -0.25) is 19.7 Å². The molecule has 0 aliphatic carbocycles. The first-order valence-electron chi connectivity index (χ1n) is 8.39. The normalized spacial score (nSPS) is 14.2. The second-order valence-electron chi connectivity index (χ2n) is 6.14. The topological polar surface area (TPSA) is 136 Å². The van der Waals surface area contributed by atoms with Gasteiger partial charge in [0.25, 0.3) is 11.6 Å². The van der Waals surface area contributed by atoms with Crippen LogP contribution < -0.4 is 10.6 Å². The number of hydrogen-bond donors (Lipinski definition) is 1. The molecule has 1 aliphatic heterocycles. The number of primary amides is 1. The molecule has 1 aromatic carbocycles. The van der Waals surface area contributed by atoms with E-state index in [0.29, 0.717) is 41.6 Å². The Labute approximate surface area is 168 Å². The number of anilines is 1. The summed E-state index contributed by atoms with van der Waals surface area (Å²) in [5.74, 6) is -0.484. The predicted octanol–water partition coefficient (Wildman–Crippen LogP) is 1.29. The van der Waals surface area contributed by atoms with Gasteiger partial charge in [0.15, 0.2) is 4.34 Å². The van der Waals surface area contributed by atoms with Gasteiger partial charge in [-0.15, -0.1) is 10.2 Å². The van der Waals surface area contributed by atoms with Crippen LogP contribution in [0.25, 0.3) is 0 Å². The zero-order valence-electron chi connectivity index (χ0n) is 15.0. The van der Waals surface area contributed by atoms with Crippen molar-refractivity contribution in [1.82, 2.24) is 15.1 Å². The number of nitrogens with zero attached hydrogens (tertiary/aromatic N) is 5. The average molecular weight is 422 g/mol. The molecule has 1 saturated heterocycles. The second-order valence-corrected chi connectivity index (χ2v) is 8.32. The number of carbonyl (C=O) groups excluding carboxylic acids is 2. The molecule has 1 fully saturated rings. The van der Waals surface area contributed by atoms with Crippen LogP contribution in [-0.4, -0.2) is 63.8 Å². The lowest BCUT2D eigenvalue weighted by atomic mass is 10.1. The number of nitrogens with two attached hydrogens (primary N) is 1. The Hall–Kier alpha value is -2.73. The summed E-state index contributed by atoms with van der Waals surface area (Å²) in [5.41, 5.74) is 5.90. The van der Waals surface area contributed by atoms with E-state index in [1.54, 1.807) is 24.0 Å². The summed E-state index contributed by atoms with van der Waals surface area (Å²) in [6.07, 6.45) is 0. The zero-order valence-corrected chi connectivity index (χ0v) is 16.7. The molecule has 0 unspecified atom stereocenters. The quantitative estimate of drug-likeness (QED) is 0.418. The van der Waals surface area contributed by atoms with Gasteiger partial charge in [0, 0.05) is 43.4 Å². The van der Waals surface area contributed by atoms with Gasteiger partial charge in [-0.25, -0.2) is 0 Å². The Morgan fingerprint density at radius 1 is 1.29 bits per heavy atom. The third-order valence-electron chi connectivity index (χ3n) is 4.22. The molecule has 1 aliphatic rings. The maximum atomic E-state index is 12.7. The number of rotatable bonds is 6. The first-order chi connectivity index (χ1) is 13.3. The molecule has 0 atom stereocenters. The fourth-order valence-corrected chi connectivity index (χ4v) is 4.38. The molecule has 3 rings (SSSR count). The van der Waals surface area contributed by atoms with E-state index in [-0.39, 0.29) is 17.3 Å². The Balaban J connectivity index is 1.61. The minimum absolute atomic E-state index is 0.0562. The molecule has 0 radical (unpaired) electrons. The summed E-state index contributed by atoms with van der Waals surface area (Å²) in [4.78, 5) is 37.9. The molecule has 148 valence electrons. The summed E-state index contributed by atoms with van der Waals surface area (Å²) in [6.45, 7) is 3.75. The molecule has 0 spiro atoms. The van der Waals surface area contributed by atoms with Crippen molar-refractivity contribution in [2.24, 2.45) is 5.73 Å². The van der Waals surface area contributed by atoms with Crippen molar-refractivity contribution in [1.29, 1.82) is 0 Å². The summed E-state index contributed by atoms with van der Waals surface area (Å²) >= 11 is 2.62. The van der Waals surface area contributed by atoms with E-state index in [1.807, 2.05) is 4.90 Å². The molecule has 10 nitrogen and oxygen atoms in total. The van der Waals surface area contributed by atoms with Crippen molar-refractivity contribution in [2.75, 3.05) is 36.8 Å². The molecule has 28 heavy (non-hydrogen) atoms. The van der Waals surface area contributed by atoms with Crippen LogP contribution in [-0.2, 0) is 4.79 Å². The van der Waals surface area contributed by atoms with Crippen LogP contribution in [0.15, 0.2) is 22.5 Å². The summed E-state index contributed by atoms with van der Waals surface area (Å²) in [6, 6.07) is 4.54. The molecule has 12 heteroatoms. The predicted molar refractivity (Wildman–Crippen MR) is 106 cm³/mol. The summed E-state index contributed by atoms with van der Waals surface area (Å²) < 4.78 is 0.666. The monoisotopic (exact) mass is 422 g/mol. The number of nitro groups is 1. The highest BCUT2D eigenvalue weighted by atomic mass is 32.2. The molecule has 2 amide bonds. The van der Waals surface area contributed by atoms with E-state index in [0.717, 1.165) is 5.13 Å². The number of carbonyl (C=O) groups is 2. The largest absolute Gasteiger partial charge is 0.369 e. The lowest BCUT2D eigenvalue weighted by molar-refractivity contribution is -0.385. The average Bonchev–Trinajstić information content (AvgIpc) is 3.15. The van der Waals surface area contributed by atoms with Crippen LogP contribution in [0.5, 0.6) is 0 Å². The van der Waals surface area contributed by atoms with Gasteiger partial charge < -0.3 is 15.5 Å². The van der Waals surface area contributed by atoms with Crippen molar-refractivity contribution in [3.8, 4) is 0 Å². The molecular weight excluding hydrogens is 404 g/mol. The third kappa shape index (κ3) is 4.57. The van der Waals surface area contributed by atoms with Crippen LogP contribution in [0.1, 0.15) is 15.9 Å². The highest BCUT2D eigenvalue weighted by Crippen LogP contribution is 2.28. The number of benzene rings is 1. The number of amides is 2. The van der Waals surface area contributed by atoms with Gasteiger partial charge in [0.2, 0.25) is 11.0 Å². The van der Waals surface area contributed by atoms with Crippen LogP contribution in [0, 0.1) is 17.0 Å². The maximum Gasteiger partial charge on any atom is 0.273 e. The van der Waals surface area contributed by atoms with E-state index in [4.69, 9.17) is 5.73 Å². The van der Waals surface area contributed by atoms with Crippen LogP contribution in [0.3, 0.4) is 0 Å². The molecule has 2 aromatic rings. The minimum Gasteiger partial charge on any atom is -0.369 e. The van der Waals surface area contributed by atoms with Crippen molar-refractivity contribution < 1.29 is 14.5 Å². The van der Waals surface area contributed by atoms with E-state index < -0.39 is 10.8 Å². The number of aromatic nitrogens is 2. The lowest BCUT2D eigenvalue weighted by Gasteiger charge is -2.34. The van der Waals surface area contributed by atoms with Crippen molar-refractivity contribution >= 4 is 45.7 Å². The highest BCUT2D eigenvalue weighted by molar-refractivity contribution is 8.01. The van der Waals surface area contributed by atoms with E-state index in [1.165, 1.54) is 29.2 Å². The fourth-order valence-electron chi connectivity index (χ4n) is 2.74. The van der Waals surface area contributed by atoms with Crippen LogP contribution in [0.2, 0.25) is 0 Å². The van der Waals surface area contributed by atoms with Crippen molar-refractivity contribution in [3.05, 3.63) is 39.4 Å². The molecular formula is C16H18N6O4S2.